The number of nitrogens with one attached hydrogen (secondary N) is 1. The van der Waals surface area contributed by atoms with Crippen molar-refractivity contribution >= 4 is 17.5 Å². The second kappa shape index (κ2) is 11.7. The Morgan fingerprint density at radius 3 is 2.33 bits per heavy atom. The number of carbonyl (C=O) groups is 2. The molecule has 0 aliphatic carbocycles. The van der Waals surface area contributed by atoms with Gasteiger partial charge in [0.1, 0.15) is 0 Å². The first kappa shape index (κ1) is 23.8. The smallest absolute Gasteiger partial charge is 0.255 e. The molecule has 0 fully saturated rings. The molecule has 3 aromatic rings. The molecule has 2 amide bonds. The van der Waals surface area contributed by atoms with Gasteiger partial charge in [-0.3, -0.25) is 9.59 Å². The van der Waals surface area contributed by atoms with Gasteiger partial charge in [-0.1, -0.05) is 30.3 Å². The van der Waals surface area contributed by atoms with Gasteiger partial charge in [-0.25, -0.2) is 0 Å². The first-order chi connectivity index (χ1) is 16.0. The molecule has 172 valence electrons. The summed E-state index contributed by atoms with van der Waals surface area (Å²) in [5.41, 5.74) is 8.30. The van der Waals surface area contributed by atoms with Crippen LogP contribution in [-0.2, 0) is 6.54 Å². The standard InChI is InChI=1S/C26H29N3O4/c1-32-23-13-12-21(17-24(23)33-2)25(30)28-22-11-6-8-19(16-22)18-29(15-7-14-27)26(31)20-9-4-3-5-10-20/h3-6,8-13,16-17H,7,14-15,18,27H2,1-2H3,(H,28,30). The second-order valence-electron chi connectivity index (χ2n) is 7.46. The summed E-state index contributed by atoms with van der Waals surface area (Å²) in [6.07, 6.45) is 0.703. The zero-order valence-corrected chi connectivity index (χ0v) is 18.9. The van der Waals surface area contributed by atoms with E-state index in [0.717, 1.165) is 5.56 Å². The number of benzene rings is 3. The lowest BCUT2D eigenvalue weighted by Crippen LogP contribution is -2.32. The van der Waals surface area contributed by atoms with E-state index in [1.807, 2.05) is 42.5 Å². The average Bonchev–Trinajstić information content (AvgIpc) is 2.86. The Morgan fingerprint density at radius 2 is 1.64 bits per heavy atom. The maximum atomic E-state index is 13.0. The minimum atomic E-state index is -0.270. The summed E-state index contributed by atoms with van der Waals surface area (Å²) in [6.45, 7) is 1.46. The summed E-state index contributed by atoms with van der Waals surface area (Å²) < 4.78 is 10.5. The Hall–Kier alpha value is -3.84. The fraction of sp³-hybridized carbons (Fsp3) is 0.231. The molecule has 33 heavy (non-hydrogen) atoms. The van der Waals surface area contributed by atoms with Gasteiger partial charge in [0.2, 0.25) is 0 Å². The lowest BCUT2D eigenvalue weighted by atomic mass is 10.1. The van der Waals surface area contributed by atoms with Crippen LogP contribution in [0.25, 0.3) is 0 Å². The first-order valence-corrected chi connectivity index (χ1v) is 10.7. The van der Waals surface area contributed by atoms with Crippen LogP contribution in [0, 0.1) is 0 Å². The predicted octanol–water partition coefficient (Wildman–Crippen LogP) is 3.95. The van der Waals surface area contributed by atoms with E-state index in [-0.39, 0.29) is 11.8 Å². The molecule has 0 aliphatic heterocycles. The number of ether oxygens (including phenoxy) is 2. The molecule has 0 heterocycles. The van der Waals surface area contributed by atoms with Gasteiger partial charge in [0.25, 0.3) is 11.8 Å². The largest absolute Gasteiger partial charge is 0.493 e. The molecule has 0 spiro atoms. The molecule has 0 bridgehead atoms. The Bertz CT molecular complexity index is 1090. The van der Waals surface area contributed by atoms with Crippen LogP contribution in [0.3, 0.4) is 0 Å². The topological polar surface area (TPSA) is 93.9 Å². The third-order valence-electron chi connectivity index (χ3n) is 5.14. The summed E-state index contributed by atoms with van der Waals surface area (Å²) in [6, 6.07) is 21.6. The van der Waals surface area contributed by atoms with Crippen LogP contribution in [0.15, 0.2) is 72.8 Å². The normalized spacial score (nSPS) is 10.4. The Labute approximate surface area is 194 Å². The highest BCUT2D eigenvalue weighted by Gasteiger charge is 2.16. The van der Waals surface area contributed by atoms with Gasteiger partial charge in [-0.2, -0.15) is 0 Å². The molecule has 0 atom stereocenters. The Balaban J connectivity index is 1.75. The number of methoxy groups -OCH3 is 2. The maximum Gasteiger partial charge on any atom is 0.255 e. The van der Waals surface area contributed by atoms with E-state index in [4.69, 9.17) is 15.2 Å². The molecule has 7 heteroatoms. The highest BCUT2D eigenvalue weighted by Crippen LogP contribution is 2.28. The third-order valence-corrected chi connectivity index (χ3v) is 5.14. The minimum absolute atomic E-state index is 0.0520. The summed E-state index contributed by atoms with van der Waals surface area (Å²) in [4.78, 5) is 27.5. The van der Waals surface area contributed by atoms with Crippen molar-refractivity contribution < 1.29 is 19.1 Å². The number of anilines is 1. The summed E-state index contributed by atoms with van der Waals surface area (Å²) >= 11 is 0. The van der Waals surface area contributed by atoms with Crippen LogP contribution in [0.2, 0.25) is 0 Å². The molecule has 0 saturated carbocycles. The number of hydrogen-bond donors (Lipinski definition) is 2. The molecular formula is C26H29N3O4. The summed E-state index contributed by atoms with van der Waals surface area (Å²) in [7, 11) is 3.07. The number of rotatable bonds is 10. The zero-order chi connectivity index (χ0) is 23.6. The van der Waals surface area contributed by atoms with Gasteiger partial charge in [0.05, 0.1) is 14.2 Å². The molecule has 3 N–H and O–H groups in total. The van der Waals surface area contributed by atoms with E-state index in [2.05, 4.69) is 5.32 Å². The number of amides is 2. The molecule has 7 nitrogen and oxygen atoms in total. The van der Waals surface area contributed by atoms with E-state index in [1.165, 1.54) is 7.11 Å². The first-order valence-electron chi connectivity index (χ1n) is 10.7. The zero-order valence-electron chi connectivity index (χ0n) is 18.9. The summed E-state index contributed by atoms with van der Waals surface area (Å²) in [5.74, 6) is 0.711. The van der Waals surface area contributed by atoms with Crippen LogP contribution < -0.4 is 20.5 Å². The van der Waals surface area contributed by atoms with Crippen molar-refractivity contribution in [3.63, 3.8) is 0 Å². The van der Waals surface area contributed by atoms with Crippen LogP contribution in [0.4, 0.5) is 5.69 Å². The number of carbonyl (C=O) groups excluding carboxylic acids is 2. The van der Waals surface area contributed by atoms with Gasteiger partial charge in [-0.15, -0.1) is 0 Å². The van der Waals surface area contributed by atoms with Crippen molar-refractivity contribution in [3.05, 3.63) is 89.5 Å². The second-order valence-corrected chi connectivity index (χ2v) is 7.46. The highest BCUT2D eigenvalue weighted by molar-refractivity contribution is 6.04. The molecule has 0 aromatic heterocycles. The number of nitrogens with zero attached hydrogens (tertiary/aromatic N) is 1. The quantitative estimate of drug-likeness (QED) is 0.491. The highest BCUT2D eigenvalue weighted by atomic mass is 16.5. The molecule has 3 aromatic carbocycles. The molecule has 0 saturated heterocycles. The van der Waals surface area contributed by atoms with Gasteiger partial charge in [0.15, 0.2) is 11.5 Å². The summed E-state index contributed by atoms with van der Waals surface area (Å²) in [5, 5.41) is 2.91. The van der Waals surface area contributed by atoms with E-state index in [0.29, 0.717) is 54.4 Å². The fourth-order valence-electron chi connectivity index (χ4n) is 3.45. The molecule has 0 radical (unpaired) electrons. The minimum Gasteiger partial charge on any atom is -0.493 e. The Kier molecular flexibility index (Phi) is 8.43. The molecular weight excluding hydrogens is 418 g/mol. The van der Waals surface area contributed by atoms with E-state index < -0.39 is 0 Å². The lowest BCUT2D eigenvalue weighted by molar-refractivity contribution is 0.0742. The lowest BCUT2D eigenvalue weighted by Gasteiger charge is -2.23. The van der Waals surface area contributed by atoms with Crippen LogP contribution in [-0.4, -0.2) is 44.0 Å². The number of nitrogens with two attached hydrogens (primary N) is 1. The van der Waals surface area contributed by atoms with Crippen molar-refractivity contribution in [1.82, 2.24) is 4.90 Å². The Morgan fingerprint density at radius 1 is 0.879 bits per heavy atom. The van der Waals surface area contributed by atoms with E-state index >= 15 is 0 Å². The van der Waals surface area contributed by atoms with Gasteiger partial charge >= 0.3 is 0 Å². The maximum absolute atomic E-state index is 13.0. The van der Waals surface area contributed by atoms with E-state index in [1.54, 1.807) is 42.3 Å². The molecule has 0 aliphatic rings. The van der Waals surface area contributed by atoms with Gasteiger partial charge in [0, 0.05) is 29.9 Å². The van der Waals surface area contributed by atoms with Crippen molar-refractivity contribution in [2.45, 2.75) is 13.0 Å². The monoisotopic (exact) mass is 447 g/mol. The van der Waals surface area contributed by atoms with E-state index in [9.17, 15) is 9.59 Å². The van der Waals surface area contributed by atoms with Crippen molar-refractivity contribution in [1.29, 1.82) is 0 Å². The predicted molar refractivity (Wildman–Crippen MR) is 129 cm³/mol. The van der Waals surface area contributed by atoms with Crippen LogP contribution >= 0.6 is 0 Å². The van der Waals surface area contributed by atoms with Crippen molar-refractivity contribution in [2.75, 3.05) is 32.6 Å². The van der Waals surface area contributed by atoms with Gasteiger partial charge in [-0.05, 0) is 61.0 Å². The number of hydrogen-bond acceptors (Lipinski definition) is 5. The van der Waals surface area contributed by atoms with Crippen molar-refractivity contribution in [3.8, 4) is 11.5 Å². The van der Waals surface area contributed by atoms with Crippen LogP contribution in [0.5, 0.6) is 11.5 Å². The average molecular weight is 448 g/mol. The van der Waals surface area contributed by atoms with Crippen LogP contribution in [0.1, 0.15) is 32.7 Å². The molecule has 0 unspecified atom stereocenters. The van der Waals surface area contributed by atoms with Gasteiger partial charge < -0.3 is 25.4 Å². The third kappa shape index (κ3) is 6.33. The fourth-order valence-corrected chi connectivity index (χ4v) is 3.45. The van der Waals surface area contributed by atoms with Crippen molar-refractivity contribution in [2.24, 2.45) is 5.73 Å². The SMILES string of the molecule is COc1ccc(C(=O)Nc2cccc(CN(CCCN)C(=O)c3ccccc3)c2)cc1OC. The molecule has 3 rings (SSSR count).